The maximum Gasteiger partial charge on any atom is 0.239 e. The fourth-order valence-electron chi connectivity index (χ4n) is 1.61. The van der Waals surface area contributed by atoms with E-state index in [4.69, 9.17) is 5.84 Å². The molecule has 0 atom stereocenters. The van der Waals surface area contributed by atoms with Gasteiger partial charge >= 0.3 is 0 Å². The van der Waals surface area contributed by atoms with E-state index in [0.717, 1.165) is 11.5 Å². The highest BCUT2D eigenvalue weighted by molar-refractivity contribution is 5.30. The summed E-state index contributed by atoms with van der Waals surface area (Å²) in [6, 6.07) is 3.83. The normalized spacial score (nSPS) is 15.1. The number of nitrogens with one attached hydrogen (secondary N) is 1. The van der Waals surface area contributed by atoms with Gasteiger partial charge in [0.05, 0.1) is 5.69 Å². The number of anilines is 1. The summed E-state index contributed by atoms with van der Waals surface area (Å²) in [6.07, 6.45) is 6.05. The molecule has 1 aliphatic carbocycles. The van der Waals surface area contributed by atoms with Crippen molar-refractivity contribution in [1.29, 1.82) is 0 Å². The SMILES string of the molecule is NNc1nccc(-n2ccc(C3CC3)n2)n1. The zero-order chi connectivity index (χ0) is 11.0. The predicted octanol–water partition coefficient (Wildman–Crippen LogP) is 0.825. The first kappa shape index (κ1) is 9.29. The lowest BCUT2D eigenvalue weighted by molar-refractivity contribution is 0.808. The molecular weight excluding hydrogens is 204 g/mol. The van der Waals surface area contributed by atoms with Crippen molar-refractivity contribution in [3.8, 4) is 5.82 Å². The van der Waals surface area contributed by atoms with E-state index in [2.05, 4.69) is 20.5 Å². The molecule has 1 saturated carbocycles. The summed E-state index contributed by atoms with van der Waals surface area (Å²) in [5.41, 5.74) is 3.56. The van der Waals surface area contributed by atoms with Crippen LogP contribution in [0.25, 0.3) is 5.82 Å². The Morgan fingerprint density at radius 3 is 3.00 bits per heavy atom. The number of hydrogen-bond donors (Lipinski definition) is 2. The van der Waals surface area contributed by atoms with E-state index in [-0.39, 0.29) is 0 Å². The summed E-state index contributed by atoms with van der Waals surface area (Å²) in [5.74, 6) is 7.01. The lowest BCUT2D eigenvalue weighted by atomic mass is 10.3. The first-order valence-corrected chi connectivity index (χ1v) is 5.22. The zero-order valence-electron chi connectivity index (χ0n) is 8.67. The molecule has 6 heteroatoms. The van der Waals surface area contributed by atoms with Gasteiger partial charge in [0, 0.05) is 24.4 Å². The third kappa shape index (κ3) is 1.63. The lowest BCUT2D eigenvalue weighted by Gasteiger charge is -2.02. The van der Waals surface area contributed by atoms with Gasteiger partial charge in [-0.2, -0.15) is 10.1 Å². The summed E-state index contributed by atoms with van der Waals surface area (Å²) in [5, 5.41) is 4.48. The molecule has 3 N–H and O–H groups in total. The summed E-state index contributed by atoms with van der Waals surface area (Å²) in [4.78, 5) is 8.16. The van der Waals surface area contributed by atoms with E-state index in [0.29, 0.717) is 11.9 Å². The number of hydrogen-bond acceptors (Lipinski definition) is 5. The van der Waals surface area contributed by atoms with Crippen LogP contribution in [-0.2, 0) is 0 Å². The Kier molecular flexibility index (Phi) is 2.07. The fraction of sp³-hybridized carbons (Fsp3) is 0.300. The van der Waals surface area contributed by atoms with Crippen LogP contribution in [0.2, 0.25) is 0 Å². The molecule has 3 rings (SSSR count). The molecule has 0 spiro atoms. The summed E-state index contributed by atoms with van der Waals surface area (Å²) in [6.45, 7) is 0. The lowest BCUT2D eigenvalue weighted by Crippen LogP contribution is -2.11. The van der Waals surface area contributed by atoms with Gasteiger partial charge in [-0.05, 0) is 18.9 Å². The van der Waals surface area contributed by atoms with Gasteiger partial charge in [-0.15, -0.1) is 0 Å². The molecule has 0 aliphatic heterocycles. The van der Waals surface area contributed by atoms with E-state index in [1.807, 2.05) is 12.3 Å². The van der Waals surface area contributed by atoms with Gasteiger partial charge in [0.15, 0.2) is 5.82 Å². The molecule has 0 aromatic carbocycles. The van der Waals surface area contributed by atoms with Gasteiger partial charge in [-0.1, -0.05) is 0 Å². The standard InChI is InChI=1S/C10H12N6/c11-14-10-12-5-3-9(13-10)16-6-4-8(15-16)7-1-2-7/h3-7H,1-2,11H2,(H,12,13,14). The number of nitrogens with zero attached hydrogens (tertiary/aromatic N) is 4. The molecule has 0 amide bonds. The van der Waals surface area contributed by atoms with Crippen LogP contribution in [-0.4, -0.2) is 19.7 Å². The maximum atomic E-state index is 5.26. The van der Waals surface area contributed by atoms with Gasteiger partial charge in [0.2, 0.25) is 5.95 Å². The summed E-state index contributed by atoms with van der Waals surface area (Å²) < 4.78 is 1.75. The molecule has 0 radical (unpaired) electrons. The molecule has 6 nitrogen and oxygen atoms in total. The Morgan fingerprint density at radius 1 is 1.38 bits per heavy atom. The van der Waals surface area contributed by atoms with E-state index in [9.17, 15) is 0 Å². The average molecular weight is 216 g/mol. The number of hydrazine groups is 1. The Labute approximate surface area is 92.5 Å². The van der Waals surface area contributed by atoms with E-state index < -0.39 is 0 Å². The van der Waals surface area contributed by atoms with Gasteiger partial charge in [-0.3, -0.25) is 5.43 Å². The molecule has 1 fully saturated rings. The van der Waals surface area contributed by atoms with Crippen molar-refractivity contribution in [2.75, 3.05) is 5.43 Å². The number of nitrogen functional groups attached to an aromatic ring is 1. The maximum absolute atomic E-state index is 5.26. The van der Waals surface area contributed by atoms with Crippen molar-refractivity contribution in [2.45, 2.75) is 18.8 Å². The smallest absolute Gasteiger partial charge is 0.239 e. The molecule has 82 valence electrons. The molecule has 0 bridgehead atoms. The minimum atomic E-state index is 0.390. The molecular formula is C10H12N6. The van der Waals surface area contributed by atoms with E-state index >= 15 is 0 Å². The van der Waals surface area contributed by atoms with Crippen molar-refractivity contribution in [3.05, 3.63) is 30.2 Å². The number of rotatable bonds is 3. The molecule has 2 heterocycles. The van der Waals surface area contributed by atoms with Crippen LogP contribution in [0, 0.1) is 0 Å². The van der Waals surface area contributed by atoms with Crippen molar-refractivity contribution in [1.82, 2.24) is 19.7 Å². The van der Waals surface area contributed by atoms with Gasteiger partial charge in [0.1, 0.15) is 0 Å². The highest BCUT2D eigenvalue weighted by atomic mass is 15.3. The summed E-state index contributed by atoms with van der Waals surface area (Å²) in [7, 11) is 0. The first-order valence-electron chi connectivity index (χ1n) is 5.22. The van der Waals surface area contributed by atoms with Gasteiger partial charge < -0.3 is 0 Å². The van der Waals surface area contributed by atoms with Crippen LogP contribution in [0.4, 0.5) is 5.95 Å². The Morgan fingerprint density at radius 2 is 2.25 bits per heavy atom. The quantitative estimate of drug-likeness (QED) is 0.586. The van der Waals surface area contributed by atoms with Crippen LogP contribution in [0.1, 0.15) is 24.5 Å². The topological polar surface area (TPSA) is 81.6 Å². The van der Waals surface area contributed by atoms with Crippen LogP contribution in [0.5, 0.6) is 0 Å². The third-order valence-corrected chi connectivity index (χ3v) is 2.61. The minimum absolute atomic E-state index is 0.390. The highest BCUT2D eigenvalue weighted by Crippen LogP contribution is 2.38. The van der Waals surface area contributed by atoms with Gasteiger partial charge in [-0.25, -0.2) is 15.5 Å². The fourth-order valence-corrected chi connectivity index (χ4v) is 1.61. The Balaban J connectivity index is 1.93. The monoisotopic (exact) mass is 216 g/mol. The average Bonchev–Trinajstić information content (AvgIpc) is 3.07. The number of aromatic nitrogens is 4. The molecule has 1 aliphatic rings. The molecule has 2 aromatic heterocycles. The van der Waals surface area contributed by atoms with Crippen LogP contribution < -0.4 is 11.3 Å². The van der Waals surface area contributed by atoms with Crippen LogP contribution in [0.3, 0.4) is 0 Å². The van der Waals surface area contributed by atoms with E-state index in [1.165, 1.54) is 12.8 Å². The highest BCUT2D eigenvalue weighted by Gasteiger charge is 2.25. The minimum Gasteiger partial charge on any atom is -0.292 e. The second kappa shape index (κ2) is 3.57. The number of nitrogens with two attached hydrogens (primary N) is 1. The second-order valence-electron chi connectivity index (χ2n) is 3.84. The molecule has 16 heavy (non-hydrogen) atoms. The van der Waals surface area contributed by atoms with Crippen LogP contribution >= 0.6 is 0 Å². The van der Waals surface area contributed by atoms with Crippen molar-refractivity contribution in [3.63, 3.8) is 0 Å². The third-order valence-electron chi connectivity index (χ3n) is 2.61. The van der Waals surface area contributed by atoms with Gasteiger partial charge in [0.25, 0.3) is 0 Å². The zero-order valence-corrected chi connectivity index (χ0v) is 8.67. The largest absolute Gasteiger partial charge is 0.292 e. The van der Waals surface area contributed by atoms with Crippen molar-refractivity contribution < 1.29 is 0 Å². The van der Waals surface area contributed by atoms with Crippen LogP contribution in [0.15, 0.2) is 24.5 Å². The Bertz CT molecular complexity index is 502. The molecule has 0 saturated heterocycles. The van der Waals surface area contributed by atoms with E-state index in [1.54, 1.807) is 16.9 Å². The second-order valence-corrected chi connectivity index (χ2v) is 3.84. The molecule has 0 unspecified atom stereocenters. The summed E-state index contributed by atoms with van der Waals surface area (Å²) >= 11 is 0. The first-order chi connectivity index (χ1) is 7.86. The van der Waals surface area contributed by atoms with Crippen molar-refractivity contribution >= 4 is 5.95 Å². The van der Waals surface area contributed by atoms with Crippen molar-refractivity contribution in [2.24, 2.45) is 5.84 Å². The molecule has 2 aromatic rings. The predicted molar refractivity (Wildman–Crippen MR) is 58.9 cm³/mol. The Hall–Kier alpha value is -1.95.